The quantitative estimate of drug-likeness (QED) is 0.460. The number of piperazine rings is 1. The fourth-order valence-corrected chi connectivity index (χ4v) is 3.83. The van der Waals surface area contributed by atoms with E-state index in [2.05, 4.69) is 26.0 Å². The van der Waals surface area contributed by atoms with Crippen molar-refractivity contribution in [2.24, 2.45) is 0 Å². The molecule has 1 atom stereocenters. The fourth-order valence-electron chi connectivity index (χ4n) is 3.83. The number of nitrogens with zero attached hydrogens (tertiary/aromatic N) is 4. The number of hydrogen-bond acceptors (Lipinski definition) is 9. The topological polar surface area (TPSA) is 93.3 Å². The summed E-state index contributed by atoms with van der Waals surface area (Å²) in [4.78, 5) is 8.70. The molecule has 9 nitrogen and oxygen atoms in total. The number of aliphatic hydroxyl groups is 1. The van der Waals surface area contributed by atoms with Gasteiger partial charge in [-0.2, -0.15) is 4.98 Å². The van der Waals surface area contributed by atoms with E-state index in [1.807, 2.05) is 42.5 Å². The number of rotatable bonds is 10. The molecule has 1 unspecified atom stereocenters. The summed E-state index contributed by atoms with van der Waals surface area (Å²) in [5.41, 5.74) is 1.11. The van der Waals surface area contributed by atoms with Crippen LogP contribution in [0.25, 0.3) is 0 Å². The van der Waals surface area contributed by atoms with Gasteiger partial charge in [-0.3, -0.25) is 4.90 Å². The lowest BCUT2D eigenvalue weighted by Gasteiger charge is -2.37. The Morgan fingerprint density at radius 3 is 2.26 bits per heavy atom. The van der Waals surface area contributed by atoms with Gasteiger partial charge in [-0.1, -0.05) is 29.4 Å². The van der Waals surface area contributed by atoms with E-state index in [1.165, 1.54) is 0 Å². The van der Waals surface area contributed by atoms with Crippen molar-refractivity contribution in [1.29, 1.82) is 0 Å². The molecule has 1 fully saturated rings. The minimum Gasteiger partial charge on any atom is -0.495 e. The molecule has 0 bridgehead atoms. The van der Waals surface area contributed by atoms with Gasteiger partial charge in [0, 0.05) is 32.7 Å². The molecular weight excluding hydrogens is 460 g/mol. The van der Waals surface area contributed by atoms with Crippen molar-refractivity contribution in [3.8, 4) is 17.2 Å². The number of methoxy groups -OCH3 is 1. The minimum absolute atomic E-state index is 0. The number of β-amino-alcohol motifs (C(OH)–C–C–N with tert-alkyl or cyclic N) is 1. The normalized spacial score (nSPS) is 14.9. The van der Waals surface area contributed by atoms with E-state index in [4.69, 9.17) is 18.7 Å². The molecule has 1 saturated heterocycles. The third-order valence-electron chi connectivity index (χ3n) is 5.47. The first-order valence-electron chi connectivity index (χ1n) is 11.0. The van der Waals surface area contributed by atoms with E-state index in [1.54, 1.807) is 14.0 Å². The number of aromatic nitrogens is 2. The first kappa shape index (κ1) is 25.6. The Hall–Kier alpha value is -3.01. The minimum atomic E-state index is -0.616. The summed E-state index contributed by atoms with van der Waals surface area (Å²) in [6.45, 7) is 6.09. The second-order valence-electron chi connectivity index (χ2n) is 7.90. The molecular formula is C24H31ClN4O5. The largest absolute Gasteiger partial charge is 0.495 e. The zero-order valence-corrected chi connectivity index (χ0v) is 20.2. The highest BCUT2D eigenvalue weighted by Gasteiger charge is 2.21. The number of para-hydroxylation sites is 4. The van der Waals surface area contributed by atoms with Gasteiger partial charge in [0.2, 0.25) is 0 Å². The van der Waals surface area contributed by atoms with Gasteiger partial charge in [-0.15, -0.1) is 12.4 Å². The number of aryl methyl sites for hydroxylation is 1. The van der Waals surface area contributed by atoms with Crippen LogP contribution < -0.4 is 19.1 Å². The number of hydrogen-bond donors (Lipinski definition) is 1. The maximum absolute atomic E-state index is 10.6. The summed E-state index contributed by atoms with van der Waals surface area (Å²) in [5.74, 6) is 2.97. The summed E-state index contributed by atoms with van der Waals surface area (Å²) in [6, 6.07) is 15.4. The molecule has 3 aromatic rings. The maximum Gasteiger partial charge on any atom is 0.264 e. The summed E-state index contributed by atoms with van der Waals surface area (Å²) < 4.78 is 22.2. The van der Waals surface area contributed by atoms with E-state index < -0.39 is 6.10 Å². The maximum atomic E-state index is 10.6. The summed E-state index contributed by atoms with van der Waals surface area (Å²) in [5, 5.41) is 14.3. The van der Waals surface area contributed by atoms with Gasteiger partial charge in [0.15, 0.2) is 23.9 Å². The lowest BCUT2D eigenvalue weighted by molar-refractivity contribution is 0.0647. The van der Waals surface area contributed by atoms with E-state index in [9.17, 15) is 5.11 Å². The van der Waals surface area contributed by atoms with Crippen LogP contribution in [0.1, 0.15) is 11.7 Å². The highest BCUT2D eigenvalue weighted by molar-refractivity contribution is 5.85. The third kappa shape index (κ3) is 6.75. The first-order valence-corrected chi connectivity index (χ1v) is 11.0. The lowest BCUT2D eigenvalue weighted by atomic mass is 10.2. The molecule has 10 heteroatoms. The average Bonchev–Trinajstić information content (AvgIpc) is 3.27. The van der Waals surface area contributed by atoms with Crippen molar-refractivity contribution in [3.63, 3.8) is 0 Å². The molecule has 4 rings (SSSR count). The van der Waals surface area contributed by atoms with Crippen LogP contribution >= 0.6 is 12.4 Å². The first-order chi connectivity index (χ1) is 16.1. The highest BCUT2D eigenvalue weighted by Crippen LogP contribution is 2.29. The third-order valence-corrected chi connectivity index (χ3v) is 5.47. The van der Waals surface area contributed by atoms with Gasteiger partial charge in [0.1, 0.15) is 18.5 Å². The zero-order valence-electron chi connectivity index (χ0n) is 19.4. The molecule has 0 saturated carbocycles. The van der Waals surface area contributed by atoms with Crippen LogP contribution in [-0.4, -0.2) is 72.7 Å². The monoisotopic (exact) mass is 490 g/mol. The van der Waals surface area contributed by atoms with Crippen LogP contribution in [0.2, 0.25) is 0 Å². The SMILES string of the molecule is COc1ccccc1N1CCN(CC(O)COc2ccccc2OCc2nc(C)no2)CC1.Cl. The molecule has 1 aromatic heterocycles. The smallest absolute Gasteiger partial charge is 0.264 e. The van der Waals surface area contributed by atoms with Crippen LogP contribution in [-0.2, 0) is 6.61 Å². The van der Waals surface area contributed by atoms with Gasteiger partial charge in [0.05, 0.1) is 12.8 Å². The Morgan fingerprint density at radius 1 is 0.971 bits per heavy atom. The predicted molar refractivity (Wildman–Crippen MR) is 130 cm³/mol. The number of ether oxygens (including phenoxy) is 3. The predicted octanol–water partition coefficient (Wildman–Crippen LogP) is 2.95. The van der Waals surface area contributed by atoms with Crippen molar-refractivity contribution in [2.45, 2.75) is 19.6 Å². The van der Waals surface area contributed by atoms with Gasteiger partial charge in [-0.05, 0) is 31.2 Å². The van der Waals surface area contributed by atoms with E-state index in [0.717, 1.165) is 37.6 Å². The Balaban J connectivity index is 0.00000324. The number of benzene rings is 2. The molecule has 1 aliphatic heterocycles. The molecule has 1 aliphatic rings. The fraction of sp³-hybridized carbons (Fsp3) is 0.417. The Kier molecular flexibility index (Phi) is 9.38. The van der Waals surface area contributed by atoms with Crippen molar-refractivity contribution in [2.75, 3.05) is 51.3 Å². The van der Waals surface area contributed by atoms with Gasteiger partial charge in [-0.25, -0.2) is 0 Å². The van der Waals surface area contributed by atoms with Gasteiger partial charge >= 0.3 is 0 Å². The lowest BCUT2D eigenvalue weighted by Crippen LogP contribution is -2.49. The second kappa shape index (κ2) is 12.5. The van der Waals surface area contributed by atoms with E-state index >= 15 is 0 Å². The Bertz CT molecular complexity index is 1030. The summed E-state index contributed by atoms with van der Waals surface area (Å²) in [6.07, 6.45) is -0.616. The van der Waals surface area contributed by atoms with Crippen molar-refractivity contribution in [3.05, 3.63) is 60.2 Å². The number of aliphatic hydroxyl groups excluding tert-OH is 1. The van der Waals surface area contributed by atoms with Crippen LogP contribution in [0.5, 0.6) is 17.2 Å². The van der Waals surface area contributed by atoms with Crippen LogP contribution in [0.4, 0.5) is 5.69 Å². The molecule has 0 spiro atoms. The summed E-state index contributed by atoms with van der Waals surface area (Å²) in [7, 11) is 1.70. The van der Waals surface area contributed by atoms with Crippen molar-refractivity contribution < 1.29 is 23.8 Å². The molecule has 34 heavy (non-hydrogen) atoms. The Labute approximate surface area is 205 Å². The molecule has 0 aliphatic carbocycles. The molecule has 2 aromatic carbocycles. The number of anilines is 1. The molecule has 0 radical (unpaired) electrons. The van der Waals surface area contributed by atoms with E-state index in [0.29, 0.717) is 29.8 Å². The van der Waals surface area contributed by atoms with Crippen molar-refractivity contribution in [1.82, 2.24) is 15.0 Å². The van der Waals surface area contributed by atoms with Crippen LogP contribution in [0, 0.1) is 6.92 Å². The van der Waals surface area contributed by atoms with Gasteiger partial charge < -0.3 is 28.7 Å². The summed E-state index contributed by atoms with van der Waals surface area (Å²) >= 11 is 0. The van der Waals surface area contributed by atoms with Crippen LogP contribution in [0.15, 0.2) is 53.1 Å². The molecule has 1 N–H and O–H groups in total. The number of halogens is 1. The van der Waals surface area contributed by atoms with Crippen LogP contribution in [0.3, 0.4) is 0 Å². The highest BCUT2D eigenvalue weighted by atomic mass is 35.5. The second-order valence-corrected chi connectivity index (χ2v) is 7.90. The molecule has 184 valence electrons. The van der Waals surface area contributed by atoms with Crippen molar-refractivity contribution >= 4 is 18.1 Å². The standard InChI is InChI=1S/C24H30N4O5.ClH/c1-18-25-24(33-26-18)17-32-23-10-6-5-9-22(23)31-16-19(29)15-27-11-13-28(14-12-27)20-7-3-4-8-21(20)30-2;/h3-10,19,29H,11-17H2,1-2H3;1H. The molecule has 0 amide bonds. The zero-order chi connectivity index (χ0) is 23.0. The van der Waals surface area contributed by atoms with E-state index in [-0.39, 0.29) is 25.6 Å². The van der Waals surface area contributed by atoms with Gasteiger partial charge in [0.25, 0.3) is 5.89 Å². The average molecular weight is 491 g/mol. The molecule has 2 heterocycles. The Morgan fingerprint density at radius 2 is 1.62 bits per heavy atom.